The number of halogens is 3. The van der Waals surface area contributed by atoms with Crippen LogP contribution in [0.2, 0.25) is 0 Å². The topological polar surface area (TPSA) is 75.6 Å². The summed E-state index contributed by atoms with van der Waals surface area (Å²) in [4.78, 5) is 23.5. The zero-order chi connectivity index (χ0) is 18.5. The third-order valence-electron chi connectivity index (χ3n) is 2.94. The molecule has 0 aromatic heterocycles. The van der Waals surface area contributed by atoms with Crippen molar-refractivity contribution in [1.29, 1.82) is 0 Å². The third-order valence-corrected chi connectivity index (χ3v) is 3.57. The van der Waals surface area contributed by atoms with Gasteiger partial charge in [0.05, 0.1) is 5.33 Å². The number of alkyl carbamates (subject to hydrolysis) is 1. The molecule has 134 valence electrons. The fraction of sp³-hybridized carbons (Fsp3) is 0.500. The number of aliphatic hydroxyl groups excluding tert-OH is 1. The van der Waals surface area contributed by atoms with Gasteiger partial charge in [0.2, 0.25) is 0 Å². The zero-order valence-electron chi connectivity index (χ0n) is 13.6. The minimum Gasteiger partial charge on any atom is -0.443 e. The maximum Gasteiger partial charge on any atom is 0.407 e. The van der Waals surface area contributed by atoms with Crippen LogP contribution in [0, 0.1) is 11.6 Å². The lowest BCUT2D eigenvalue weighted by atomic mass is 10.00. The molecule has 0 radical (unpaired) electrons. The number of alkyl halides is 1. The second-order valence-electron chi connectivity index (χ2n) is 6.31. The molecule has 24 heavy (non-hydrogen) atoms. The predicted molar refractivity (Wildman–Crippen MR) is 87.9 cm³/mol. The molecular weight excluding hydrogens is 388 g/mol. The van der Waals surface area contributed by atoms with E-state index in [-0.39, 0.29) is 23.1 Å². The Morgan fingerprint density at radius 3 is 2.50 bits per heavy atom. The highest BCUT2D eigenvalue weighted by atomic mass is 79.9. The van der Waals surface area contributed by atoms with Crippen molar-refractivity contribution >= 4 is 27.8 Å². The number of hydrogen-bond donors (Lipinski definition) is 2. The SMILES string of the molecule is CC(C)(C)NC(=O)O[C@@H](CC(=O)CBr)[C@H](O)c1cc(F)ccc1F. The first-order valence-corrected chi connectivity index (χ1v) is 8.35. The predicted octanol–water partition coefficient (Wildman–Crippen LogP) is 3.25. The second kappa shape index (κ2) is 8.53. The highest BCUT2D eigenvalue weighted by Crippen LogP contribution is 2.25. The van der Waals surface area contributed by atoms with Crippen molar-refractivity contribution < 1.29 is 28.2 Å². The van der Waals surface area contributed by atoms with Gasteiger partial charge in [-0.25, -0.2) is 13.6 Å². The van der Waals surface area contributed by atoms with Crippen molar-refractivity contribution in [2.75, 3.05) is 5.33 Å². The van der Waals surface area contributed by atoms with E-state index in [1.807, 2.05) is 0 Å². The quantitative estimate of drug-likeness (QED) is 0.709. The summed E-state index contributed by atoms with van der Waals surface area (Å²) in [6.07, 6.45) is -4.26. The summed E-state index contributed by atoms with van der Waals surface area (Å²) >= 11 is 2.97. The van der Waals surface area contributed by atoms with E-state index in [1.165, 1.54) is 0 Å². The Morgan fingerprint density at radius 2 is 1.96 bits per heavy atom. The summed E-state index contributed by atoms with van der Waals surface area (Å²) in [5, 5.41) is 12.8. The van der Waals surface area contributed by atoms with Crippen molar-refractivity contribution in [3.63, 3.8) is 0 Å². The highest BCUT2D eigenvalue weighted by molar-refractivity contribution is 9.09. The van der Waals surface area contributed by atoms with E-state index in [9.17, 15) is 23.5 Å². The van der Waals surface area contributed by atoms with E-state index in [0.29, 0.717) is 0 Å². The zero-order valence-corrected chi connectivity index (χ0v) is 15.2. The van der Waals surface area contributed by atoms with Crippen molar-refractivity contribution in [2.24, 2.45) is 0 Å². The molecule has 0 spiro atoms. The van der Waals surface area contributed by atoms with Crippen molar-refractivity contribution in [3.05, 3.63) is 35.4 Å². The van der Waals surface area contributed by atoms with Gasteiger partial charge in [-0.1, -0.05) is 15.9 Å². The summed E-state index contributed by atoms with van der Waals surface area (Å²) in [6, 6.07) is 2.56. The smallest absolute Gasteiger partial charge is 0.407 e. The lowest BCUT2D eigenvalue weighted by molar-refractivity contribution is -0.120. The van der Waals surface area contributed by atoms with Crippen molar-refractivity contribution in [3.8, 4) is 0 Å². The average Bonchev–Trinajstić information content (AvgIpc) is 2.46. The summed E-state index contributed by atoms with van der Waals surface area (Å²) in [6.45, 7) is 5.15. The fourth-order valence-electron chi connectivity index (χ4n) is 1.91. The summed E-state index contributed by atoms with van der Waals surface area (Å²) in [5.41, 5.74) is -0.984. The Bertz CT molecular complexity index is 604. The van der Waals surface area contributed by atoms with Crippen LogP contribution in [0.4, 0.5) is 13.6 Å². The maximum absolute atomic E-state index is 13.8. The molecule has 1 aromatic carbocycles. The number of carbonyl (C=O) groups is 2. The molecule has 1 amide bonds. The largest absolute Gasteiger partial charge is 0.443 e. The first kappa shape index (κ1) is 20.5. The monoisotopic (exact) mass is 407 g/mol. The normalized spacial score (nSPS) is 14.0. The molecule has 5 nitrogen and oxygen atoms in total. The summed E-state index contributed by atoms with van der Waals surface area (Å²) < 4.78 is 32.2. The van der Waals surface area contributed by atoms with Gasteiger partial charge in [-0.15, -0.1) is 0 Å². The van der Waals surface area contributed by atoms with Crippen molar-refractivity contribution in [2.45, 2.75) is 44.9 Å². The third kappa shape index (κ3) is 6.52. The Morgan fingerprint density at radius 1 is 1.33 bits per heavy atom. The number of carbonyl (C=O) groups excluding carboxylic acids is 2. The minimum atomic E-state index is -1.69. The molecule has 2 atom stereocenters. The van der Waals surface area contributed by atoms with Crippen LogP contribution < -0.4 is 5.32 Å². The van der Waals surface area contributed by atoms with Crippen LogP contribution in [0.1, 0.15) is 38.9 Å². The lowest BCUT2D eigenvalue weighted by Crippen LogP contribution is -2.43. The Hall–Kier alpha value is -1.54. The molecule has 0 bridgehead atoms. The molecule has 0 aliphatic carbocycles. The van der Waals surface area contributed by atoms with Crippen molar-refractivity contribution in [1.82, 2.24) is 5.32 Å². The first-order chi connectivity index (χ1) is 11.0. The Kier molecular flexibility index (Phi) is 7.28. The first-order valence-electron chi connectivity index (χ1n) is 7.23. The number of rotatable bonds is 6. The van der Waals surface area contributed by atoms with E-state index in [4.69, 9.17) is 4.74 Å². The van der Waals surface area contributed by atoms with Gasteiger partial charge < -0.3 is 15.2 Å². The molecule has 0 unspecified atom stereocenters. The van der Waals surface area contributed by atoms with Crippen LogP contribution >= 0.6 is 15.9 Å². The van der Waals surface area contributed by atoms with Crippen LogP contribution in [-0.4, -0.2) is 34.0 Å². The fourth-order valence-corrected chi connectivity index (χ4v) is 2.14. The van der Waals surface area contributed by atoms with Crippen LogP contribution in [0.3, 0.4) is 0 Å². The lowest BCUT2D eigenvalue weighted by Gasteiger charge is -2.26. The van der Waals surface area contributed by atoms with Gasteiger partial charge in [-0.2, -0.15) is 0 Å². The molecule has 8 heteroatoms. The van der Waals surface area contributed by atoms with Gasteiger partial charge in [0.25, 0.3) is 0 Å². The van der Waals surface area contributed by atoms with Gasteiger partial charge in [-0.05, 0) is 39.0 Å². The molecule has 0 aliphatic rings. The molecule has 0 saturated carbocycles. The number of nitrogens with one attached hydrogen (secondary N) is 1. The van der Waals surface area contributed by atoms with E-state index >= 15 is 0 Å². The van der Waals surface area contributed by atoms with E-state index in [2.05, 4.69) is 21.2 Å². The number of ketones is 1. The molecule has 1 rings (SSSR count). The summed E-state index contributed by atoms with van der Waals surface area (Å²) in [5.74, 6) is -1.98. The highest BCUT2D eigenvalue weighted by Gasteiger charge is 2.30. The van der Waals surface area contributed by atoms with Gasteiger partial charge >= 0.3 is 6.09 Å². The molecule has 0 heterocycles. The molecule has 0 saturated heterocycles. The van der Waals surface area contributed by atoms with E-state index < -0.39 is 35.5 Å². The van der Waals surface area contributed by atoms with E-state index in [1.54, 1.807) is 20.8 Å². The standard InChI is InChI=1S/C16H20BrF2NO4/c1-16(2,3)20-15(23)24-13(7-10(21)8-17)14(22)11-6-9(18)4-5-12(11)19/h4-6,13-14,22H,7-8H2,1-3H3,(H,20,23)/t13-,14+/m0/s1. The Labute approximate surface area is 147 Å². The number of amides is 1. The second-order valence-corrected chi connectivity index (χ2v) is 6.87. The molecule has 2 N–H and O–H groups in total. The number of Topliss-reactive ketones (excluding diaryl/α,β-unsaturated/α-hetero) is 1. The van der Waals surface area contributed by atoms with Crippen LogP contribution in [0.25, 0.3) is 0 Å². The average molecular weight is 408 g/mol. The van der Waals surface area contributed by atoms with Gasteiger partial charge in [0.15, 0.2) is 0 Å². The molecule has 0 aliphatic heterocycles. The number of hydrogen-bond acceptors (Lipinski definition) is 4. The van der Waals surface area contributed by atoms with Crippen LogP contribution in [0.15, 0.2) is 18.2 Å². The number of benzene rings is 1. The summed E-state index contributed by atoms with van der Waals surface area (Å²) in [7, 11) is 0. The number of ether oxygens (including phenoxy) is 1. The van der Waals surface area contributed by atoms with Gasteiger partial charge in [0.1, 0.15) is 29.6 Å². The van der Waals surface area contributed by atoms with Gasteiger partial charge in [0, 0.05) is 17.5 Å². The van der Waals surface area contributed by atoms with E-state index in [0.717, 1.165) is 18.2 Å². The number of aliphatic hydroxyl groups is 1. The molecule has 1 aromatic rings. The Balaban J connectivity index is 3.01. The molecular formula is C16H20BrF2NO4. The molecule has 0 fully saturated rings. The van der Waals surface area contributed by atoms with Gasteiger partial charge in [-0.3, -0.25) is 4.79 Å². The maximum atomic E-state index is 13.8. The van der Waals surface area contributed by atoms with Crippen LogP contribution in [0.5, 0.6) is 0 Å². The van der Waals surface area contributed by atoms with Crippen LogP contribution in [-0.2, 0) is 9.53 Å². The minimum absolute atomic E-state index is 0.0217.